The van der Waals surface area contributed by atoms with Crippen LogP contribution in [0.25, 0.3) is 17.2 Å². The molecule has 5 rings (SSSR count). The predicted molar refractivity (Wildman–Crippen MR) is 112 cm³/mol. The molecule has 31 heavy (non-hydrogen) atoms. The van der Waals surface area contributed by atoms with Crippen molar-refractivity contribution in [2.75, 3.05) is 12.3 Å². The number of anilines is 1. The maximum absolute atomic E-state index is 9.98. The van der Waals surface area contributed by atoms with E-state index in [0.717, 1.165) is 30.9 Å². The summed E-state index contributed by atoms with van der Waals surface area (Å²) in [6.07, 6.45) is 5.78. The average Bonchev–Trinajstić information content (AvgIpc) is 3.44. The van der Waals surface area contributed by atoms with Crippen LogP contribution in [0.2, 0.25) is 0 Å². The minimum absolute atomic E-state index is 0.245. The van der Waals surface area contributed by atoms with Crippen LogP contribution < -0.4 is 5.73 Å². The van der Waals surface area contributed by atoms with Gasteiger partial charge in [0.05, 0.1) is 24.0 Å². The van der Waals surface area contributed by atoms with Crippen molar-refractivity contribution < 1.29 is 9.52 Å². The van der Waals surface area contributed by atoms with Crippen molar-refractivity contribution in [1.29, 1.82) is 0 Å². The Bertz CT molecular complexity index is 1210. The molecule has 11 nitrogen and oxygen atoms in total. The third-order valence-electron chi connectivity index (χ3n) is 5.31. The van der Waals surface area contributed by atoms with Gasteiger partial charge in [-0.15, -0.1) is 5.10 Å². The van der Waals surface area contributed by atoms with Crippen molar-refractivity contribution in [2.24, 2.45) is 0 Å². The number of oxazole rings is 1. The number of fused-ring (bicyclic) bond motifs is 2. The molecule has 0 aliphatic carbocycles. The number of nitrogen functional groups attached to an aromatic ring is 1. The molecular formula is C20H25N9O2. The van der Waals surface area contributed by atoms with Crippen molar-refractivity contribution in [1.82, 2.24) is 39.2 Å². The Labute approximate surface area is 178 Å². The number of hydrogen-bond acceptors (Lipinski definition) is 9. The largest absolute Gasteiger partial charge is 0.443 e. The van der Waals surface area contributed by atoms with E-state index in [0.29, 0.717) is 36.0 Å². The van der Waals surface area contributed by atoms with Crippen LogP contribution in [0.5, 0.6) is 0 Å². The number of aromatic nitrogens is 7. The Hall–Kier alpha value is -3.31. The smallest absolute Gasteiger partial charge is 0.245 e. The Morgan fingerprint density at radius 1 is 1.23 bits per heavy atom. The second kappa shape index (κ2) is 7.13. The zero-order chi connectivity index (χ0) is 21.8. The fraction of sp³-hybridized carbons (Fsp3) is 0.450. The van der Waals surface area contributed by atoms with Crippen LogP contribution in [0.4, 0.5) is 5.95 Å². The number of aryl methyl sites for hydroxylation is 1. The average molecular weight is 423 g/mol. The van der Waals surface area contributed by atoms with Gasteiger partial charge in [-0.1, -0.05) is 0 Å². The van der Waals surface area contributed by atoms with E-state index in [9.17, 15) is 5.11 Å². The van der Waals surface area contributed by atoms with Crippen LogP contribution in [0.1, 0.15) is 36.5 Å². The Morgan fingerprint density at radius 3 is 2.77 bits per heavy atom. The van der Waals surface area contributed by atoms with Crippen molar-refractivity contribution in [2.45, 2.75) is 52.4 Å². The van der Waals surface area contributed by atoms with Gasteiger partial charge in [-0.2, -0.15) is 9.61 Å². The van der Waals surface area contributed by atoms with Gasteiger partial charge < -0.3 is 15.3 Å². The third-order valence-corrected chi connectivity index (χ3v) is 5.31. The summed E-state index contributed by atoms with van der Waals surface area (Å²) in [5.41, 5.74) is 9.63. The molecule has 3 N–H and O–H groups in total. The van der Waals surface area contributed by atoms with Gasteiger partial charge in [0, 0.05) is 43.4 Å². The molecule has 0 amide bonds. The topological polar surface area (TPSA) is 136 Å². The molecular weight excluding hydrogens is 398 g/mol. The number of nitrogens with two attached hydrogens (primary N) is 1. The highest BCUT2D eigenvalue weighted by atomic mass is 16.3. The normalized spacial score (nSPS) is 14.6. The van der Waals surface area contributed by atoms with Crippen LogP contribution in [0.3, 0.4) is 0 Å². The molecule has 0 fully saturated rings. The molecule has 0 radical (unpaired) electrons. The Kier molecular flexibility index (Phi) is 4.52. The van der Waals surface area contributed by atoms with Gasteiger partial charge in [0.1, 0.15) is 12.0 Å². The molecule has 0 saturated heterocycles. The molecule has 1 aliphatic rings. The standard InChI is InChI=1S/C20H25N9O2/c1-12-16(18-22-5-7-31-18)24-19(21)29-17(12)23-15(26-29)4-6-27-8-13-9-28(11-20(2,3)30)25-14(13)10-27/h5,7,9,30H,4,6,8,10-11H2,1-3H3,(H2,21,24). The van der Waals surface area contributed by atoms with E-state index >= 15 is 0 Å². The first-order chi connectivity index (χ1) is 14.8. The predicted octanol–water partition coefficient (Wildman–Crippen LogP) is 1.20. The minimum Gasteiger partial charge on any atom is -0.443 e. The summed E-state index contributed by atoms with van der Waals surface area (Å²) in [4.78, 5) is 15.5. The van der Waals surface area contributed by atoms with Crippen LogP contribution >= 0.6 is 0 Å². The summed E-state index contributed by atoms with van der Waals surface area (Å²) in [5.74, 6) is 1.36. The highest BCUT2D eigenvalue weighted by molar-refractivity contribution is 5.65. The molecule has 0 unspecified atom stereocenters. The first kappa shape index (κ1) is 19.6. The highest BCUT2D eigenvalue weighted by Gasteiger charge is 2.25. The fourth-order valence-electron chi connectivity index (χ4n) is 3.93. The molecule has 0 atom stereocenters. The molecule has 0 spiro atoms. The van der Waals surface area contributed by atoms with Crippen molar-refractivity contribution in [3.05, 3.63) is 41.3 Å². The lowest BCUT2D eigenvalue weighted by Gasteiger charge is -2.17. The van der Waals surface area contributed by atoms with E-state index in [1.54, 1.807) is 24.6 Å². The maximum atomic E-state index is 9.98. The summed E-state index contributed by atoms with van der Waals surface area (Å²) in [6.45, 7) is 8.36. The lowest BCUT2D eigenvalue weighted by atomic mass is 10.1. The zero-order valence-electron chi connectivity index (χ0n) is 17.8. The van der Waals surface area contributed by atoms with Crippen molar-refractivity contribution >= 4 is 11.6 Å². The second-order valence-corrected chi connectivity index (χ2v) is 8.62. The van der Waals surface area contributed by atoms with Crippen LogP contribution in [-0.2, 0) is 26.1 Å². The summed E-state index contributed by atoms with van der Waals surface area (Å²) in [6, 6.07) is 0. The summed E-state index contributed by atoms with van der Waals surface area (Å²) >= 11 is 0. The number of hydrogen-bond donors (Lipinski definition) is 2. The Balaban J connectivity index is 1.29. The lowest BCUT2D eigenvalue weighted by Crippen LogP contribution is -2.27. The number of nitrogens with zero attached hydrogens (tertiary/aromatic N) is 8. The van der Waals surface area contributed by atoms with E-state index in [1.165, 1.54) is 11.8 Å². The summed E-state index contributed by atoms with van der Waals surface area (Å²) in [5, 5.41) is 19.1. The molecule has 0 aromatic carbocycles. The van der Waals surface area contributed by atoms with Crippen LogP contribution in [0, 0.1) is 6.92 Å². The Morgan fingerprint density at radius 2 is 2.06 bits per heavy atom. The molecule has 0 saturated carbocycles. The van der Waals surface area contributed by atoms with Gasteiger partial charge in [0.2, 0.25) is 11.8 Å². The van der Waals surface area contributed by atoms with Gasteiger partial charge in [-0.25, -0.2) is 15.0 Å². The van der Waals surface area contributed by atoms with Gasteiger partial charge in [0.15, 0.2) is 11.5 Å². The second-order valence-electron chi connectivity index (χ2n) is 8.62. The fourth-order valence-corrected chi connectivity index (χ4v) is 3.93. The van der Waals surface area contributed by atoms with Gasteiger partial charge >= 0.3 is 0 Å². The monoisotopic (exact) mass is 423 g/mol. The zero-order valence-corrected chi connectivity index (χ0v) is 17.8. The lowest BCUT2D eigenvalue weighted by molar-refractivity contribution is 0.0574. The molecule has 4 aromatic heterocycles. The molecule has 1 aliphatic heterocycles. The van der Waals surface area contributed by atoms with Gasteiger partial charge in [-0.3, -0.25) is 9.58 Å². The summed E-state index contributed by atoms with van der Waals surface area (Å²) in [7, 11) is 0. The number of aliphatic hydroxyl groups is 1. The quantitative estimate of drug-likeness (QED) is 0.468. The van der Waals surface area contributed by atoms with Gasteiger partial charge in [-0.05, 0) is 20.8 Å². The summed E-state index contributed by atoms with van der Waals surface area (Å²) < 4.78 is 8.76. The molecule has 0 bridgehead atoms. The van der Waals surface area contributed by atoms with E-state index in [2.05, 4.69) is 30.0 Å². The van der Waals surface area contributed by atoms with Crippen molar-refractivity contribution in [3.63, 3.8) is 0 Å². The van der Waals surface area contributed by atoms with Crippen molar-refractivity contribution in [3.8, 4) is 11.6 Å². The molecule has 11 heteroatoms. The highest BCUT2D eigenvalue weighted by Crippen LogP contribution is 2.25. The van der Waals surface area contributed by atoms with Crippen LogP contribution in [0.15, 0.2) is 23.1 Å². The van der Waals surface area contributed by atoms with E-state index in [-0.39, 0.29) is 5.95 Å². The molecule has 162 valence electrons. The van der Waals surface area contributed by atoms with Gasteiger partial charge in [0.25, 0.3) is 0 Å². The maximum Gasteiger partial charge on any atom is 0.245 e. The first-order valence-electron chi connectivity index (χ1n) is 10.2. The van der Waals surface area contributed by atoms with Crippen LogP contribution in [-0.4, -0.2) is 56.5 Å². The number of rotatable bonds is 6. The van der Waals surface area contributed by atoms with E-state index in [4.69, 9.17) is 10.2 Å². The molecule has 4 aromatic rings. The first-order valence-corrected chi connectivity index (χ1v) is 10.2. The SMILES string of the molecule is Cc1c(-c2ncco2)nc(N)n2nc(CCN3Cc4cn(CC(C)(C)O)nc4C3)nc12. The van der Waals surface area contributed by atoms with E-state index in [1.807, 2.05) is 17.8 Å². The third kappa shape index (κ3) is 3.77. The minimum atomic E-state index is -0.782. The van der Waals surface area contributed by atoms with E-state index < -0.39 is 5.60 Å². The molecule has 5 heterocycles.